The van der Waals surface area contributed by atoms with Crippen LogP contribution in [0.3, 0.4) is 0 Å². The molecule has 1 aliphatic rings. The Bertz CT molecular complexity index is 775. The van der Waals surface area contributed by atoms with Crippen molar-refractivity contribution < 1.29 is 19.5 Å². The summed E-state index contributed by atoms with van der Waals surface area (Å²) < 4.78 is 0.657. The van der Waals surface area contributed by atoms with Crippen LogP contribution in [0.25, 0.3) is 0 Å². The van der Waals surface area contributed by atoms with E-state index in [1.54, 1.807) is 18.0 Å². The molecule has 0 atom stereocenters. The van der Waals surface area contributed by atoms with Gasteiger partial charge in [0.25, 0.3) is 0 Å². The van der Waals surface area contributed by atoms with Gasteiger partial charge in [-0.25, -0.2) is 0 Å². The third kappa shape index (κ3) is 15.4. The van der Waals surface area contributed by atoms with Crippen LogP contribution in [-0.4, -0.2) is 15.0 Å². The molecule has 1 N–H and O–H groups in total. The van der Waals surface area contributed by atoms with Crippen LogP contribution >= 0.6 is 48.8 Å². The van der Waals surface area contributed by atoms with Crippen LogP contribution in [0.4, 0.5) is 0 Å². The second kappa shape index (κ2) is 20.8. The molecule has 0 radical (unpaired) electrons. The molecule has 2 aromatic rings. The van der Waals surface area contributed by atoms with Crippen LogP contribution in [0.15, 0.2) is 84.1 Å². The summed E-state index contributed by atoms with van der Waals surface area (Å²) in [5, 5.41) is 4.25. The van der Waals surface area contributed by atoms with Crippen molar-refractivity contribution in [3.05, 3.63) is 90.3 Å². The van der Waals surface area contributed by atoms with Crippen LogP contribution in [-0.2, 0) is 25.2 Å². The van der Waals surface area contributed by atoms with Crippen molar-refractivity contribution in [2.45, 2.75) is 38.4 Å². The van der Waals surface area contributed by atoms with E-state index in [1.165, 1.54) is 31.2 Å². The van der Waals surface area contributed by atoms with E-state index >= 15 is 0 Å². The van der Waals surface area contributed by atoms with Crippen molar-refractivity contribution in [1.82, 2.24) is 10.4 Å². The molecule has 0 amide bonds. The van der Waals surface area contributed by atoms with Crippen molar-refractivity contribution in [1.29, 1.82) is 0 Å². The van der Waals surface area contributed by atoms with E-state index in [0.717, 1.165) is 17.2 Å². The molecule has 1 aromatic heterocycles. The Labute approximate surface area is 221 Å². The van der Waals surface area contributed by atoms with Gasteiger partial charge in [-0.3, -0.25) is 10.4 Å². The molecule has 0 saturated carbocycles. The van der Waals surface area contributed by atoms with Gasteiger partial charge >= 0.3 is 19.5 Å². The third-order valence-corrected chi connectivity index (χ3v) is 5.17. The van der Waals surface area contributed by atoms with Gasteiger partial charge in [-0.05, 0) is 50.3 Å². The molecule has 0 fully saturated rings. The first kappa shape index (κ1) is 32.1. The van der Waals surface area contributed by atoms with Crippen molar-refractivity contribution in [3.63, 3.8) is 0 Å². The first-order valence-electron chi connectivity index (χ1n) is 9.48. The van der Waals surface area contributed by atoms with Crippen LogP contribution in [0, 0.1) is 0 Å². The van der Waals surface area contributed by atoms with Crippen LogP contribution < -0.4 is 5.43 Å². The van der Waals surface area contributed by atoms with E-state index in [0.29, 0.717) is 4.32 Å². The minimum Gasteiger partial charge on any atom is -0.262 e. The molecule has 3 nitrogen and oxygen atoms in total. The molecule has 168 valence electrons. The summed E-state index contributed by atoms with van der Waals surface area (Å²) in [5.41, 5.74) is 5.79. The van der Waals surface area contributed by atoms with Crippen LogP contribution in [0.1, 0.15) is 43.9 Å². The SMILES string of the molecule is C/C(=N\NC(=S)SCc1ccccc1)c1ccccn1.C1=C\CC/C=C\CC/1.Cl.Cl.[Ru+2]. The number of rotatable bonds is 4. The van der Waals surface area contributed by atoms with E-state index in [9.17, 15) is 0 Å². The fraction of sp³-hybridized carbons (Fsp3) is 0.261. The average Bonchev–Trinajstić information content (AvgIpc) is 2.72. The molecule has 0 aliphatic heterocycles. The smallest absolute Gasteiger partial charge is 0.262 e. The largest absolute Gasteiger partial charge is 2.00 e. The Kier molecular flexibility index (Phi) is 21.6. The van der Waals surface area contributed by atoms with Crippen molar-refractivity contribution >= 4 is 58.8 Å². The molecule has 1 aliphatic carbocycles. The predicted molar refractivity (Wildman–Crippen MR) is 141 cm³/mol. The number of hydrazone groups is 1. The zero-order chi connectivity index (χ0) is 19.9. The van der Waals surface area contributed by atoms with Gasteiger partial charge in [0.2, 0.25) is 0 Å². The number of aromatic nitrogens is 1. The van der Waals surface area contributed by atoms with Crippen LogP contribution in [0.2, 0.25) is 0 Å². The first-order chi connectivity index (χ1) is 13.8. The van der Waals surface area contributed by atoms with Crippen molar-refractivity contribution in [2.24, 2.45) is 5.10 Å². The average molecular weight is 584 g/mol. The Hall–Kier alpha value is -1.04. The molecule has 31 heavy (non-hydrogen) atoms. The number of thioether (sulfide) groups is 1. The molecule has 0 bridgehead atoms. The quantitative estimate of drug-likeness (QED) is 0.137. The molecule has 0 unspecified atom stereocenters. The zero-order valence-corrected chi connectivity index (χ0v) is 22.4. The van der Waals surface area contributed by atoms with E-state index in [1.807, 2.05) is 43.3 Å². The summed E-state index contributed by atoms with van der Waals surface area (Å²) in [4.78, 5) is 4.23. The summed E-state index contributed by atoms with van der Waals surface area (Å²) in [6.45, 7) is 1.90. The predicted octanol–water partition coefficient (Wildman–Crippen LogP) is 7.13. The summed E-state index contributed by atoms with van der Waals surface area (Å²) in [6, 6.07) is 15.9. The minimum atomic E-state index is 0. The number of halogens is 2. The Balaban J connectivity index is 0. The van der Waals surface area contributed by atoms with E-state index in [4.69, 9.17) is 12.2 Å². The Morgan fingerprint density at radius 1 is 0.935 bits per heavy atom. The first-order valence-corrected chi connectivity index (χ1v) is 10.9. The number of pyridine rings is 1. The summed E-state index contributed by atoms with van der Waals surface area (Å²) in [6.07, 6.45) is 15.7. The molecule has 1 aromatic carbocycles. The van der Waals surface area contributed by atoms with Gasteiger partial charge in [-0.15, -0.1) is 24.8 Å². The normalized spacial score (nSPS) is 14.4. The summed E-state index contributed by atoms with van der Waals surface area (Å²) >= 11 is 6.81. The molecular weight excluding hydrogens is 554 g/mol. The maximum Gasteiger partial charge on any atom is 2.00 e. The van der Waals surface area contributed by atoms with Gasteiger partial charge in [0, 0.05) is 11.9 Å². The number of allylic oxidation sites excluding steroid dienone is 4. The Morgan fingerprint density at radius 2 is 1.48 bits per heavy atom. The monoisotopic (exact) mass is 583 g/mol. The number of hydrogen-bond acceptors (Lipinski definition) is 4. The Morgan fingerprint density at radius 3 is 2.00 bits per heavy atom. The fourth-order valence-electron chi connectivity index (χ4n) is 2.38. The van der Waals surface area contributed by atoms with Crippen LogP contribution in [0.5, 0.6) is 0 Å². The van der Waals surface area contributed by atoms with Gasteiger partial charge in [0.05, 0.1) is 11.4 Å². The van der Waals surface area contributed by atoms with Gasteiger partial charge in [-0.2, -0.15) is 5.10 Å². The van der Waals surface area contributed by atoms with Gasteiger partial charge < -0.3 is 0 Å². The topological polar surface area (TPSA) is 37.3 Å². The second-order valence-electron chi connectivity index (χ2n) is 6.18. The van der Waals surface area contributed by atoms with E-state index in [2.05, 4.69) is 51.9 Å². The number of benzene rings is 1. The molecule has 0 saturated heterocycles. The molecule has 0 spiro atoms. The molecular formula is C23H29Cl2N3RuS2+2. The minimum absolute atomic E-state index is 0. The maximum absolute atomic E-state index is 5.25. The number of hydrogen-bond donors (Lipinski definition) is 1. The summed E-state index contributed by atoms with van der Waals surface area (Å²) in [7, 11) is 0. The maximum atomic E-state index is 5.25. The van der Waals surface area contributed by atoms with Gasteiger partial charge in [0.15, 0.2) is 4.32 Å². The van der Waals surface area contributed by atoms with Gasteiger partial charge in [0.1, 0.15) is 0 Å². The number of nitrogens with one attached hydrogen (secondary N) is 1. The van der Waals surface area contributed by atoms with Crippen molar-refractivity contribution in [2.75, 3.05) is 0 Å². The van der Waals surface area contributed by atoms with E-state index < -0.39 is 0 Å². The number of thiocarbonyl (C=S) groups is 1. The standard InChI is InChI=1S/C15H15N3S2.C8H12.2ClH.Ru/c1-12(14-9-5-6-10-16-14)17-18-15(19)20-11-13-7-3-2-4-8-13;1-2-4-6-8-7-5-3-1;;;/h2-10H,11H2,1H3,(H,18,19);1-2,7-8H,3-6H2;2*1H;/q;;;;+2/b17-12+;2-1-,8-7-;;;. The van der Waals surface area contributed by atoms with Gasteiger partial charge in [-0.1, -0.05) is 84.7 Å². The molecule has 3 rings (SSSR count). The third-order valence-electron chi connectivity index (χ3n) is 3.90. The molecule has 8 heteroatoms. The zero-order valence-electron chi connectivity index (χ0n) is 17.4. The summed E-state index contributed by atoms with van der Waals surface area (Å²) in [5.74, 6) is 0.838. The molecule has 1 heterocycles. The fourth-order valence-corrected chi connectivity index (χ4v) is 3.20. The number of nitrogens with zero attached hydrogens (tertiary/aromatic N) is 2. The van der Waals surface area contributed by atoms with Crippen molar-refractivity contribution in [3.8, 4) is 0 Å². The second-order valence-corrected chi connectivity index (χ2v) is 7.84. The van der Waals surface area contributed by atoms with E-state index in [-0.39, 0.29) is 44.3 Å².